The van der Waals surface area contributed by atoms with E-state index in [1.807, 2.05) is 54.6 Å². The van der Waals surface area contributed by atoms with Crippen LogP contribution in [0.3, 0.4) is 0 Å². The third kappa shape index (κ3) is 2.84. The molecule has 6 heteroatoms. The smallest absolute Gasteiger partial charge is 0.157 e. The number of para-hydroxylation sites is 1. The molecule has 6 nitrogen and oxygen atoms in total. The van der Waals surface area contributed by atoms with Crippen LogP contribution in [0.25, 0.3) is 0 Å². The van der Waals surface area contributed by atoms with Crippen LogP contribution in [0, 0.1) is 0 Å². The molecule has 0 bridgehead atoms. The number of benzene rings is 1. The molecule has 0 fully saturated rings. The molecular weight excluding hydrogens is 350 g/mol. The zero-order valence-corrected chi connectivity index (χ0v) is 15.0. The third-order valence-electron chi connectivity index (χ3n) is 4.89. The Morgan fingerprint density at radius 2 is 1.64 bits per heavy atom. The molecule has 0 saturated carbocycles. The molecular formula is C22H17N5O. The Morgan fingerprint density at radius 1 is 0.857 bits per heavy atom. The SMILES string of the molecule is OC1(c2ccccn2)CC(=NC2=Nc3ccccc3C2)N=C1c1ccccn1. The topological polar surface area (TPSA) is 83.1 Å². The minimum atomic E-state index is -1.37. The molecule has 1 aromatic carbocycles. The molecule has 0 saturated heterocycles. The summed E-state index contributed by atoms with van der Waals surface area (Å²) in [4.78, 5) is 22.6. The summed E-state index contributed by atoms with van der Waals surface area (Å²) in [7, 11) is 0. The molecule has 1 unspecified atom stereocenters. The average Bonchev–Trinajstić information content (AvgIpc) is 3.30. The first kappa shape index (κ1) is 16.6. The highest BCUT2D eigenvalue weighted by Crippen LogP contribution is 2.34. The van der Waals surface area contributed by atoms with Crippen LogP contribution in [0.15, 0.2) is 88.0 Å². The predicted molar refractivity (Wildman–Crippen MR) is 108 cm³/mol. The maximum Gasteiger partial charge on any atom is 0.157 e. The van der Waals surface area contributed by atoms with E-state index in [0.29, 0.717) is 35.2 Å². The molecule has 2 aromatic heterocycles. The first-order chi connectivity index (χ1) is 13.7. The maximum absolute atomic E-state index is 11.5. The number of pyridine rings is 2. The largest absolute Gasteiger partial charge is 0.377 e. The van der Waals surface area contributed by atoms with Gasteiger partial charge in [0.25, 0.3) is 0 Å². The minimum absolute atomic E-state index is 0.227. The van der Waals surface area contributed by atoms with Gasteiger partial charge in [0, 0.05) is 25.2 Å². The molecule has 0 radical (unpaired) electrons. The van der Waals surface area contributed by atoms with E-state index in [4.69, 9.17) is 0 Å². The van der Waals surface area contributed by atoms with Crippen molar-refractivity contribution in [2.24, 2.45) is 15.0 Å². The highest BCUT2D eigenvalue weighted by atomic mass is 16.3. The van der Waals surface area contributed by atoms with Gasteiger partial charge in [-0.2, -0.15) is 0 Å². The number of aliphatic hydroxyl groups is 1. The second-order valence-electron chi connectivity index (χ2n) is 6.79. The van der Waals surface area contributed by atoms with Crippen LogP contribution in [-0.2, 0) is 12.0 Å². The molecule has 0 aliphatic carbocycles. The summed E-state index contributed by atoms with van der Waals surface area (Å²) in [6.45, 7) is 0. The van der Waals surface area contributed by atoms with Crippen LogP contribution in [0.1, 0.15) is 23.4 Å². The lowest BCUT2D eigenvalue weighted by Crippen LogP contribution is -2.35. The van der Waals surface area contributed by atoms with Gasteiger partial charge in [0.1, 0.15) is 17.4 Å². The summed E-state index contributed by atoms with van der Waals surface area (Å²) in [6, 6.07) is 19.0. The minimum Gasteiger partial charge on any atom is -0.377 e. The second kappa shape index (κ2) is 6.58. The lowest BCUT2D eigenvalue weighted by molar-refractivity contribution is 0.119. The Labute approximate surface area is 162 Å². The normalized spacial score (nSPS) is 22.1. The Balaban J connectivity index is 1.56. The number of hydrogen-bond donors (Lipinski definition) is 1. The van der Waals surface area contributed by atoms with Crippen molar-refractivity contribution in [3.05, 3.63) is 90.0 Å². The van der Waals surface area contributed by atoms with Crippen molar-refractivity contribution in [3.63, 3.8) is 0 Å². The van der Waals surface area contributed by atoms with Crippen molar-refractivity contribution in [3.8, 4) is 0 Å². The maximum atomic E-state index is 11.5. The Bertz CT molecular complexity index is 1120. The van der Waals surface area contributed by atoms with E-state index < -0.39 is 5.60 Å². The molecule has 0 amide bonds. The van der Waals surface area contributed by atoms with E-state index in [1.54, 1.807) is 18.5 Å². The second-order valence-corrected chi connectivity index (χ2v) is 6.79. The summed E-state index contributed by atoms with van der Waals surface area (Å²) >= 11 is 0. The molecule has 4 heterocycles. The van der Waals surface area contributed by atoms with E-state index in [0.717, 1.165) is 11.3 Å². The van der Waals surface area contributed by atoms with Crippen molar-refractivity contribution in [2.75, 3.05) is 0 Å². The molecule has 5 rings (SSSR count). The first-order valence-electron chi connectivity index (χ1n) is 9.10. The average molecular weight is 367 g/mol. The molecule has 136 valence electrons. The monoisotopic (exact) mass is 367 g/mol. The van der Waals surface area contributed by atoms with Crippen LogP contribution in [-0.4, -0.2) is 32.5 Å². The van der Waals surface area contributed by atoms with Gasteiger partial charge < -0.3 is 5.11 Å². The molecule has 2 aliphatic heterocycles. The Hall–Kier alpha value is -3.51. The van der Waals surface area contributed by atoms with Gasteiger partial charge in [0.2, 0.25) is 0 Å². The van der Waals surface area contributed by atoms with Gasteiger partial charge >= 0.3 is 0 Å². The van der Waals surface area contributed by atoms with Gasteiger partial charge in [-0.25, -0.2) is 15.0 Å². The molecule has 1 atom stereocenters. The van der Waals surface area contributed by atoms with E-state index in [9.17, 15) is 5.11 Å². The van der Waals surface area contributed by atoms with Crippen molar-refractivity contribution in [1.82, 2.24) is 9.97 Å². The molecule has 28 heavy (non-hydrogen) atoms. The van der Waals surface area contributed by atoms with Crippen molar-refractivity contribution in [2.45, 2.75) is 18.4 Å². The molecule has 2 aliphatic rings. The van der Waals surface area contributed by atoms with Gasteiger partial charge in [-0.3, -0.25) is 9.97 Å². The number of rotatable bonds is 2. The predicted octanol–water partition coefficient (Wildman–Crippen LogP) is 3.24. The fourth-order valence-corrected chi connectivity index (χ4v) is 3.56. The number of fused-ring (bicyclic) bond motifs is 1. The van der Waals surface area contributed by atoms with Crippen molar-refractivity contribution >= 4 is 23.1 Å². The highest BCUT2D eigenvalue weighted by molar-refractivity contribution is 6.19. The number of nitrogens with zero attached hydrogens (tertiary/aromatic N) is 5. The van der Waals surface area contributed by atoms with Crippen LogP contribution in [0.5, 0.6) is 0 Å². The first-order valence-corrected chi connectivity index (χ1v) is 9.10. The summed E-state index contributed by atoms with van der Waals surface area (Å²) in [5.41, 5.74) is 2.31. The number of hydrogen-bond acceptors (Lipinski definition) is 5. The number of aliphatic imine (C=N–C) groups is 3. The quantitative estimate of drug-likeness (QED) is 0.755. The lowest BCUT2D eigenvalue weighted by atomic mass is 9.89. The summed E-state index contributed by atoms with van der Waals surface area (Å²) in [5.74, 6) is 1.23. The van der Waals surface area contributed by atoms with Crippen molar-refractivity contribution < 1.29 is 5.11 Å². The van der Waals surface area contributed by atoms with Crippen LogP contribution in [0.2, 0.25) is 0 Å². The standard InChI is InChI=1S/C22H17N5O/c28-22(18-10-4-6-12-24-18)14-20(27-21(22)17-9-3-5-11-23-17)26-19-13-15-7-1-2-8-16(15)25-19/h1-12,28H,13-14H2. The Morgan fingerprint density at radius 3 is 2.39 bits per heavy atom. The fraction of sp³-hybridized carbons (Fsp3) is 0.136. The zero-order chi connectivity index (χ0) is 19.0. The van der Waals surface area contributed by atoms with Crippen molar-refractivity contribution in [1.29, 1.82) is 0 Å². The van der Waals surface area contributed by atoms with Gasteiger partial charge in [0.05, 0.1) is 17.1 Å². The summed E-state index contributed by atoms with van der Waals surface area (Å²) in [5, 5.41) is 11.5. The van der Waals surface area contributed by atoms with Gasteiger partial charge in [-0.05, 0) is 35.9 Å². The van der Waals surface area contributed by atoms with Crippen LogP contribution >= 0.6 is 0 Å². The van der Waals surface area contributed by atoms with E-state index >= 15 is 0 Å². The van der Waals surface area contributed by atoms with Crippen LogP contribution in [0.4, 0.5) is 5.69 Å². The van der Waals surface area contributed by atoms with Gasteiger partial charge in [-0.15, -0.1) is 0 Å². The van der Waals surface area contributed by atoms with Gasteiger partial charge in [-0.1, -0.05) is 30.3 Å². The van der Waals surface area contributed by atoms with E-state index in [-0.39, 0.29) is 6.42 Å². The summed E-state index contributed by atoms with van der Waals surface area (Å²) < 4.78 is 0. The number of aromatic nitrogens is 2. The molecule has 3 aromatic rings. The zero-order valence-electron chi connectivity index (χ0n) is 15.0. The van der Waals surface area contributed by atoms with Gasteiger partial charge in [0.15, 0.2) is 5.60 Å². The fourth-order valence-electron chi connectivity index (χ4n) is 3.56. The molecule has 1 N–H and O–H groups in total. The number of amidine groups is 2. The third-order valence-corrected chi connectivity index (χ3v) is 4.89. The lowest BCUT2D eigenvalue weighted by Gasteiger charge is -2.23. The van der Waals surface area contributed by atoms with E-state index in [1.165, 1.54) is 0 Å². The van der Waals surface area contributed by atoms with E-state index in [2.05, 4.69) is 24.9 Å². The summed E-state index contributed by atoms with van der Waals surface area (Å²) in [6.07, 6.45) is 4.24. The Kier molecular flexibility index (Phi) is 3.91. The molecule has 0 spiro atoms. The highest BCUT2D eigenvalue weighted by Gasteiger charge is 2.44. The van der Waals surface area contributed by atoms with Crippen LogP contribution < -0.4 is 0 Å².